The number of benzene rings is 2. The minimum Gasteiger partial charge on any atom is -0.360 e. The molecule has 0 unspecified atom stereocenters. The lowest BCUT2D eigenvalue weighted by molar-refractivity contribution is -0.133. The lowest BCUT2D eigenvalue weighted by atomic mass is 10.0. The summed E-state index contributed by atoms with van der Waals surface area (Å²) in [6.07, 6.45) is 0. The molecule has 138 valence electrons. The van der Waals surface area contributed by atoms with E-state index in [-0.39, 0.29) is 11.9 Å². The van der Waals surface area contributed by atoms with Gasteiger partial charge in [0.05, 0.1) is 22.8 Å². The van der Waals surface area contributed by atoms with E-state index in [0.717, 1.165) is 21.8 Å². The van der Waals surface area contributed by atoms with Crippen molar-refractivity contribution in [2.24, 2.45) is 5.73 Å². The fraction of sp³-hybridized carbons (Fsp3) is 0.350. The third-order valence-electron chi connectivity index (χ3n) is 4.75. The Balaban J connectivity index is 1.97. The predicted octanol–water partition coefficient (Wildman–Crippen LogP) is 4.04. The fourth-order valence-corrected chi connectivity index (χ4v) is 3.84. The van der Waals surface area contributed by atoms with Crippen molar-refractivity contribution in [3.05, 3.63) is 63.6 Å². The van der Waals surface area contributed by atoms with Crippen LogP contribution in [0.1, 0.15) is 24.1 Å². The molecular formula is C20H23Cl2N3O. The molecular weight excluding hydrogens is 369 g/mol. The molecule has 3 rings (SSSR count). The van der Waals surface area contributed by atoms with Crippen molar-refractivity contribution >= 4 is 34.8 Å². The number of hydrogen-bond acceptors (Lipinski definition) is 3. The third kappa shape index (κ3) is 3.98. The monoisotopic (exact) mass is 391 g/mol. The predicted molar refractivity (Wildman–Crippen MR) is 108 cm³/mol. The highest BCUT2D eigenvalue weighted by Gasteiger charge is 2.32. The second-order valence-electron chi connectivity index (χ2n) is 6.79. The standard InChI is InChI=1S/C20H23Cl2N3O/c1-13-3-8-18(17(22)11-13)25-10-9-24(20(26)14(2)23)12-19(25)15-4-6-16(21)7-5-15/h3-8,11,14,19H,9-10,12,23H2,1-2H3/t14-,19+/m1/s1. The van der Waals surface area contributed by atoms with Crippen molar-refractivity contribution < 1.29 is 4.79 Å². The average molecular weight is 392 g/mol. The van der Waals surface area contributed by atoms with Crippen LogP contribution in [0.2, 0.25) is 10.0 Å². The molecule has 0 saturated carbocycles. The Morgan fingerprint density at radius 1 is 1.15 bits per heavy atom. The Kier molecular flexibility index (Phi) is 5.76. The topological polar surface area (TPSA) is 49.6 Å². The first-order chi connectivity index (χ1) is 12.4. The molecule has 2 aromatic rings. The van der Waals surface area contributed by atoms with E-state index in [1.54, 1.807) is 6.92 Å². The molecule has 1 aliphatic rings. The van der Waals surface area contributed by atoms with Crippen LogP contribution < -0.4 is 10.6 Å². The first-order valence-electron chi connectivity index (χ1n) is 8.69. The Morgan fingerprint density at radius 2 is 1.85 bits per heavy atom. The van der Waals surface area contributed by atoms with E-state index >= 15 is 0 Å². The molecule has 1 fully saturated rings. The van der Waals surface area contributed by atoms with Gasteiger partial charge in [0.15, 0.2) is 0 Å². The molecule has 1 heterocycles. The summed E-state index contributed by atoms with van der Waals surface area (Å²) in [4.78, 5) is 16.5. The van der Waals surface area contributed by atoms with Crippen LogP contribution in [0.15, 0.2) is 42.5 Å². The van der Waals surface area contributed by atoms with Gasteiger partial charge in [0.25, 0.3) is 0 Å². The lowest BCUT2D eigenvalue weighted by Crippen LogP contribution is -2.54. The molecule has 2 aromatic carbocycles. The van der Waals surface area contributed by atoms with E-state index < -0.39 is 6.04 Å². The first kappa shape index (κ1) is 19.0. The number of piperazine rings is 1. The zero-order valence-corrected chi connectivity index (χ0v) is 16.5. The van der Waals surface area contributed by atoms with Crippen LogP contribution in [0.5, 0.6) is 0 Å². The summed E-state index contributed by atoms with van der Waals surface area (Å²) in [5.74, 6) is -0.0291. The van der Waals surface area contributed by atoms with E-state index in [9.17, 15) is 4.79 Å². The number of nitrogens with two attached hydrogens (primary N) is 1. The van der Waals surface area contributed by atoms with Gasteiger partial charge in [-0.1, -0.05) is 41.4 Å². The summed E-state index contributed by atoms with van der Waals surface area (Å²) >= 11 is 12.6. The number of carbonyl (C=O) groups is 1. The van der Waals surface area contributed by atoms with Crippen molar-refractivity contribution in [1.82, 2.24) is 4.90 Å². The summed E-state index contributed by atoms with van der Waals surface area (Å²) < 4.78 is 0. The molecule has 1 aliphatic heterocycles. The molecule has 4 nitrogen and oxygen atoms in total. The lowest BCUT2D eigenvalue weighted by Gasteiger charge is -2.44. The van der Waals surface area contributed by atoms with Gasteiger partial charge in [-0.2, -0.15) is 0 Å². The Labute approximate surface area is 164 Å². The zero-order chi connectivity index (χ0) is 18.8. The molecule has 1 amide bonds. The molecule has 2 atom stereocenters. The van der Waals surface area contributed by atoms with Crippen LogP contribution in [0.25, 0.3) is 0 Å². The van der Waals surface area contributed by atoms with Gasteiger partial charge in [-0.05, 0) is 49.2 Å². The van der Waals surface area contributed by atoms with Crippen LogP contribution in [0, 0.1) is 6.92 Å². The first-order valence-corrected chi connectivity index (χ1v) is 9.45. The van der Waals surface area contributed by atoms with Crippen LogP contribution in [-0.4, -0.2) is 36.5 Å². The highest BCUT2D eigenvalue weighted by molar-refractivity contribution is 6.33. The summed E-state index contributed by atoms with van der Waals surface area (Å²) in [5.41, 5.74) is 9.00. The van der Waals surface area contributed by atoms with E-state index in [2.05, 4.69) is 11.0 Å². The Morgan fingerprint density at radius 3 is 2.46 bits per heavy atom. The summed E-state index contributed by atoms with van der Waals surface area (Å²) in [5, 5.41) is 1.41. The number of aryl methyl sites for hydroxylation is 1. The second kappa shape index (κ2) is 7.87. The number of rotatable bonds is 3. The number of anilines is 1. The van der Waals surface area contributed by atoms with Crippen LogP contribution in [0.3, 0.4) is 0 Å². The van der Waals surface area contributed by atoms with E-state index in [4.69, 9.17) is 28.9 Å². The SMILES string of the molecule is Cc1ccc(N2CCN(C(=O)[C@@H](C)N)C[C@H]2c2ccc(Cl)cc2)c(Cl)c1. The maximum Gasteiger partial charge on any atom is 0.239 e. The number of carbonyl (C=O) groups excluding carboxylic acids is 1. The van der Waals surface area contributed by atoms with E-state index in [1.807, 2.05) is 48.2 Å². The van der Waals surface area contributed by atoms with Gasteiger partial charge in [-0.15, -0.1) is 0 Å². The molecule has 0 radical (unpaired) electrons. The zero-order valence-electron chi connectivity index (χ0n) is 15.0. The van der Waals surface area contributed by atoms with Gasteiger partial charge in [0.2, 0.25) is 5.91 Å². The summed E-state index contributed by atoms with van der Waals surface area (Å²) in [7, 11) is 0. The minimum atomic E-state index is -0.504. The maximum atomic E-state index is 12.4. The summed E-state index contributed by atoms with van der Waals surface area (Å²) in [6.45, 7) is 5.61. The van der Waals surface area contributed by atoms with Gasteiger partial charge in [0, 0.05) is 24.7 Å². The summed E-state index contributed by atoms with van der Waals surface area (Å²) in [6, 6.07) is 13.3. The van der Waals surface area contributed by atoms with Gasteiger partial charge in [0.1, 0.15) is 0 Å². The largest absolute Gasteiger partial charge is 0.360 e. The average Bonchev–Trinajstić information content (AvgIpc) is 2.61. The fourth-order valence-electron chi connectivity index (χ4n) is 3.37. The highest BCUT2D eigenvalue weighted by atomic mass is 35.5. The Hall–Kier alpha value is -1.75. The highest BCUT2D eigenvalue weighted by Crippen LogP contribution is 2.36. The van der Waals surface area contributed by atoms with Gasteiger partial charge >= 0.3 is 0 Å². The van der Waals surface area contributed by atoms with Crippen molar-refractivity contribution in [3.8, 4) is 0 Å². The molecule has 1 saturated heterocycles. The second-order valence-corrected chi connectivity index (χ2v) is 7.63. The number of halogens is 2. The number of nitrogens with zero attached hydrogens (tertiary/aromatic N) is 2. The third-order valence-corrected chi connectivity index (χ3v) is 5.30. The quantitative estimate of drug-likeness (QED) is 0.858. The van der Waals surface area contributed by atoms with Gasteiger partial charge < -0.3 is 15.5 Å². The molecule has 0 spiro atoms. The molecule has 26 heavy (non-hydrogen) atoms. The molecule has 0 bridgehead atoms. The Bertz CT molecular complexity index is 792. The van der Waals surface area contributed by atoms with E-state index in [1.165, 1.54) is 0 Å². The van der Waals surface area contributed by atoms with Crippen molar-refractivity contribution in [3.63, 3.8) is 0 Å². The number of hydrogen-bond donors (Lipinski definition) is 1. The minimum absolute atomic E-state index is 0.0103. The van der Waals surface area contributed by atoms with Crippen LogP contribution >= 0.6 is 23.2 Å². The maximum absolute atomic E-state index is 12.4. The van der Waals surface area contributed by atoms with Crippen molar-refractivity contribution in [2.75, 3.05) is 24.5 Å². The van der Waals surface area contributed by atoms with Crippen molar-refractivity contribution in [2.45, 2.75) is 25.9 Å². The van der Waals surface area contributed by atoms with Crippen LogP contribution in [0.4, 0.5) is 5.69 Å². The molecule has 0 aliphatic carbocycles. The van der Waals surface area contributed by atoms with Crippen LogP contribution in [-0.2, 0) is 4.79 Å². The number of amides is 1. The normalized spacial score (nSPS) is 18.7. The molecule has 2 N–H and O–H groups in total. The van der Waals surface area contributed by atoms with Crippen molar-refractivity contribution in [1.29, 1.82) is 0 Å². The smallest absolute Gasteiger partial charge is 0.239 e. The molecule has 6 heteroatoms. The van der Waals surface area contributed by atoms with Gasteiger partial charge in [-0.3, -0.25) is 4.79 Å². The molecule has 0 aromatic heterocycles. The van der Waals surface area contributed by atoms with Gasteiger partial charge in [-0.25, -0.2) is 0 Å². The van der Waals surface area contributed by atoms with E-state index in [0.29, 0.717) is 24.7 Å².